The Labute approximate surface area is 170 Å². The van der Waals surface area contributed by atoms with Crippen LogP contribution >= 0.6 is 0 Å². The SMILES string of the molecule is CCCCOC(=O)c1ccc(NC(=O)[C@@H]2CC(=O)N(c3ccc(C)cc3)C2)cc1. The van der Waals surface area contributed by atoms with Crippen LogP contribution in [0.2, 0.25) is 0 Å². The molecule has 1 aliphatic heterocycles. The lowest BCUT2D eigenvalue weighted by Crippen LogP contribution is -2.28. The minimum atomic E-state index is -0.414. The van der Waals surface area contributed by atoms with Gasteiger partial charge in [0.25, 0.3) is 0 Å². The molecule has 6 heteroatoms. The number of hydrogen-bond acceptors (Lipinski definition) is 4. The summed E-state index contributed by atoms with van der Waals surface area (Å²) in [5, 5.41) is 2.83. The third-order valence-corrected chi connectivity index (χ3v) is 4.96. The third-order valence-electron chi connectivity index (χ3n) is 4.96. The van der Waals surface area contributed by atoms with Crippen LogP contribution in [-0.4, -0.2) is 30.9 Å². The van der Waals surface area contributed by atoms with Crippen LogP contribution in [0.1, 0.15) is 42.1 Å². The number of nitrogens with one attached hydrogen (secondary N) is 1. The summed E-state index contributed by atoms with van der Waals surface area (Å²) < 4.78 is 5.17. The molecule has 152 valence electrons. The molecule has 1 N–H and O–H groups in total. The first kappa shape index (κ1) is 20.6. The van der Waals surface area contributed by atoms with Crippen LogP contribution in [0.4, 0.5) is 11.4 Å². The minimum absolute atomic E-state index is 0.0563. The zero-order chi connectivity index (χ0) is 20.8. The Morgan fingerprint density at radius 1 is 1.10 bits per heavy atom. The first-order valence-electron chi connectivity index (χ1n) is 9.93. The van der Waals surface area contributed by atoms with Crippen LogP contribution in [-0.2, 0) is 14.3 Å². The van der Waals surface area contributed by atoms with E-state index in [0.29, 0.717) is 24.4 Å². The van der Waals surface area contributed by atoms with Gasteiger partial charge in [-0.25, -0.2) is 4.79 Å². The molecule has 1 fully saturated rings. The zero-order valence-corrected chi connectivity index (χ0v) is 16.8. The number of ether oxygens (including phenoxy) is 1. The number of carbonyl (C=O) groups is 3. The number of unbranched alkanes of at least 4 members (excludes halogenated alkanes) is 1. The second kappa shape index (κ2) is 9.37. The Morgan fingerprint density at radius 3 is 2.45 bits per heavy atom. The van der Waals surface area contributed by atoms with Gasteiger partial charge in [0.05, 0.1) is 18.1 Å². The molecule has 1 heterocycles. The highest BCUT2D eigenvalue weighted by Gasteiger charge is 2.35. The second-order valence-corrected chi connectivity index (χ2v) is 7.30. The van der Waals surface area contributed by atoms with Crippen LogP contribution < -0.4 is 10.2 Å². The molecule has 6 nitrogen and oxygen atoms in total. The quantitative estimate of drug-likeness (QED) is 0.570. The van der Waals surface area contributed by atoms with Crippen LogP contribution in [0.5, 0.6) is 0 Å². The lowest BCUT2D eigenvalue weighted by molar-refractivity contribution is -0.122. The van der Waals surface area contributed by atoms with Crippen LogP contribution in [0, 0.1) is 12.8 Å². The number of nitrogens with zero attached hydrogens (tertiary/aromatic N) is 1. The molecular formula is C23H26N2O4. The molecule has 0 aliphatic carbocycles. The van der Waals surface area contributed by atoms with Crippen molar-refractivity contribution >= 4 is 29.2 Å². The highest BCUT2D eigenvalue weighted by molar-refractivity contribution is 6.03. The minimum Gasteiger partial charge on any atom is -0.462 e. The topological polar surface area (TPSA) is 75.7 Å². The van der Waals surface area contributed by atoms with Crippen molar-refractivity contribution in [3.8, 4) is 0 Å². The van der Waals surface area contributed by atoms with E-state index < -0.39 is 5.92 Å². The fraction of sp³-hybridized carbons (Fsp3) is 0.348. The molecule has 0 saturated carbocycles. The van der Waals surface area contributed by atoms with E-state index in [4.69, 9.17) is 4.74 Å². The van der Waals surface area contributed by atoms with Crippen molar-refractivity contribution in [1.29, 1.82) is 0 Å². The number of aryl methyl sites for hydroxylation is 1. The number of esters is 1. The van der Waals surface area contributed by atoms with Crippen molar-refractivity contribution in [2.24, 2.45) is 5.92 Å². The fourth-order valence-electron chi connectivity index (χ4n) is 3.18. The Morgan fingerprint density at radius 2 is 1.79 bits per heavy atom. The number of carbonyl (C=O) groups excluding carboxylic acids is 3. The molecule has 0 spiro atoms. The van der Waals surface area contributed by atoms with E-state index in [9.17, 15) is 14.4 Å². The van der Waals surface area contributed by atoms with E-state index in [1.807, 2.05) is 38.1 Å². The highest BCUT2D eigenvalue weighted by Crippen LogP contribution is 2.26. The molecule has 1 atom stereocenters. The monoisotopic (exact) mass is 394 g/mol. The maximum Gasteiger partial charge on any atom is 0.338 e. The van der Waals surface area contributed by atoms with Crippen molar-refractivity contribution in [3.05, 3.63) is 59.7 Å². The first-order chi connectivity index (χ1) is 14.0. The average Bonchev–Trinajstić information content (AvgIpc) is 3.11. The van der Waals surface area contributed by atoms with Gasteiger partial charge in [-0.3, -0.25) is 9.59 Å². The predicted octanol–water partition coefficient (Wildman–Crippen LogP) is 3.94. The van der Waals surface area contributed by atoms with Crippen molar-refractivity contribution < 1.29 is 19.1 Å². The van der Waals surface area contributed by atoms with Gasteiger partial charge in [0, 0.05) is 24.3 Å². The summed E-state index contributed by atoms with van der Waals surface area (Å²) in [4.78, 5) is 38.5. The van der Waals surface area contributed by atoms with Crippen LogP contribution in [0.15, 0.2) is 48.5 Å². The molecule has 0 bridgehead atoms. The van der Waals surface area contributed by atoms with Gasteiger partial charge in [-0.15, -0.1) is 0 Å². The van der Waals surface area contributed by atoms with Gasteiger partial charge in [0.15, 0.2) is 0 Å². The second-order valence-electron chi connectivity index (χ2n) is 7.30. The summed E-state index contributed by atoms with van der Waals surface area (Å²) in [7, 11) is 0. The number of benzene rings is 2. The van der Waals surface area contributed by atoms with Crippen molar-refractivity contribution in [2.45, 2.75) is 33.1 Å². The molecule has 3 rings (SSSR count). The maximum absolute atomic E-state index is 12.6. The van der Waals surface area contributed by atoms with Gasteiger partial charge in [-0.2, -0.15) is 0 Å². The number of hydrogen-bond donors (Lipinski definition) is 1. The third kappa shape index (κ3) is 5.22. The molecule has 1 saturated heterocycles. The average molecular weight is 394 g/mol. The molecule has 0 unspecified atom stereocenters. The predicted molar refractivity (Wildman–Crippen MR) is 112 cm³/mol. The Hall–Kier alpha value is -3.15. The molecular weight excluding hydrogens is 368 g/mol. The van der Waals surface area contributed by atoms with E-state index >= 15 is 0 Å². The van der Waals surface area contributed by atoms with Crippen molar-refractivity contribution in [3.63, 3.8) is 0 Å². The summed E-state index contributed by atoms with van der Waals surface area (Å²) in [6, 6.07) is 14.3. The molecule has 2 aromatic rings. The fourth-order valence-corrected chi connectivity index (χ4v) is 3.18. The molecule has 29 heavy (non-hydrogen) atoms. The van der Waals surface area contributed by atoms with Gasteiger partial charge in [0.1, 0.15) is 0 Å². The summed E-state index contributed by atoms with van der Waals surface area (Å²) in [6.45, 7) is 4.78. The lowest BCUT2D eigenvalue weighted by Gasteiger charge is -2.17. The Balaban J connectivity index is 1.57. The normalized spacial score (nSPS) is 16.0. The number of anilines is 2. The van der Waals surface area contributed by atoms with E-state index in [1.54, 1.807) is 29.2 Å². The van der Waals surface area contributed by atoms with Gasteiger partial charge in [-0.05, 0) is 49.7 Å². The summed E-state index contributed by atoms with van der Waals surface area (Å²) in [6.07, 6.45) is 1.98. The Kier molecular flexibility index (Phi) is 6.65. The maximum atomic E-state index is 12.6. The Bertz CT molecular complexity index is 875. The molecule has 2 amide bonds. The van der Waals surface area contributed by atoms with E-state index in [0.717, 1.165) is 24.1 Å². The largest absolute Gasteiger partial charge is 0.462 e. The van der Waals surface area contributed by atoms with E-state index in [1.165, 1.54) is 0 Å². The van der Waals surface area contributed by atoms with Crippen LogP contribution in [0.25, 0.3) is 0 Å². The highest BCUT2D eigenvalue weighted by atomic mass is 16.5. The summed E-state index contributed by atoms with van der Waals surface area (Å²) >= 11 is 0. The van der Waals surface area contributed by atoms with Gasteiger partial charge in [-0.1, -0.05) is 31.0 Å². The van der Waals surface area contributed by atoms with Gasteiger partial charge < -0.3 is 15.0 Å². The van der Waals surface area contributed by atoms with Crippen molar-refractivity contribution in [2.75, 3.05) is 23.4 Å². The number of amides is 2. The first-order valence-corrected chi connectivity index (χ1v) is 9.93. The van der Waals surface area contributed by atoms with E-state index in [2.05, 4.69) is 5.32 Å². The van der Waals surface area contributed by atoms with Gasteiger partial charge in [0.2, 0.25) is 11.8 Å². The van der Waals surface area contributed by atoms with E-state index in [-0.39, 0.29) is 24.2 Å². The molecule has 0 aromatic heterocycles. The molecule has 2 aromatic carbocycles. The summed E-state index contributed by atoms with van der Waals surface area (Å²) in [5.41, 5.74) is 2.95. The molecule has 0 radical (unpaired) electrons. The lowest BCUT2D eigenvalue weighted by atomic mass is 10.1. The standard InChI is InChI=1S/C23H26N2O4/c1-3-4-13-29-23(28)17-7-9-19(10-8-17)24-22(27)18-14-21(26)25(15-18)20-11-5-16(2)6-12-20/h5-12,18H,3-4,13-15H2,1-2H3,(H,24,27)/t18-/m1/s1. The van der Waals surface area contributed by atoms with Crippen LogP contribution in [0.3, 0.4) is 0 Å². The summed E-state index contributed by atoms with van der Waals surface area (Å²) in [5.74, 6) is -1.04. The zero-order valence-electron chi connectivity index (χ0n) is 16.8. The molecule has 1 aliphatic rings. The number of rotatable bonds is 7. The van der Waals surface area contributed by atoms with Crippen molar-refractivity contribution in [1.82, 2.24) is 0 Å². The smallest absolute Gasteiger partial charge is 0.338 e. The van der Waals surface area contributed by atoms with Gasteiger partial charge >= 0.3 is 5.97 Å².